The van der Waals surface area contributed by atoms with Crippen LogP contribution in [0.2, 0.25) is 5.02 Å². The van der Waals surface area contributed by atoms with E-state index in [4.69, 9.17) is 39.5 Å². The molecule has 0 saturated carbocycles. The number of nitrogens with zero attached hydrogens (tertiary/aromatic N) is 1. The summed E-state index contributed by atoms with van der Waals surface area (Å²) in [4.78, 5) is 23.6. The summed E-state index contributed by atoms with van der Waals surface area (Å²) in [6.07, 6.45) is -3.17. The highest BCUT2D eigenvalue weighted by molar-refractivity contribution is 6.43. The van der Waals surface area contributed by atoms with E-state index in [1.807, 2.05) is 5.10 Å². The zero-order valence-corrected chi connectivity index (χ0v) is 15.5. The van der Waals surface area contributed by atoms with Crippen LogP contribution < -0.4 is 5.56 Å². The molecule has 0 unspecified atom stereocenters. The molecule has 144 valence electrons. The number of hydrogen-bond donors (Lipinski definition) is 1. The topological polar surface area (TPSA) is 72.0 Å². The number of H-pyrrole nitrogens is 1. The van der Waals surface area contributed by atoms with Crippen LogP contribution in [0.4, 0.5) is 13.2 Å². The first kappa shape index (κ1) is 21.3. The summed E-state index contributed by atoms with van der Waals surface area (Å²) in [6, 6.07) is 3.70. The predicted molar refractivity (Wildman–Crippen MR) is 95.8 cm³/mol. The molecule has 0 spiro atoms. The fourth-order valence-corrected chi connectivity index (χ4v) is 2.53. The number of ether oxygens (including phenoxy) is 1. The zero-order chi connectivity index (χ0) is 20.2. The third kappa shape index (κ3) is 5.24. The van der Waals surface area contributed by atoms with Crippen LogP contribution in [0.5, 0.6) is 0 Å². The van der Waals surface area contributed by atoms with Crippen LogP contribution in [0.3, 0.4) is 0 Å². The molecule has 1 aromatic heterocycles. The lowest BCUT2D eigenvalue weighted by molar-refractivity contribution is -0.138. The van der Waals surface area contributed by atoms with Crippen molar-refractivity contribution in [3.8, 4) is 11.1 Å². The van der Waals surface area contributed by atoms with Crippen molar-refractivity contribution in [3.05, 3.63) is 55.9 Å². The lowest BCUT2D eigenvalue weighted by Gasteiger charge is -2.12. The minimum Gasteiger partial charge on any atom is -0.460 e. The Balaban J connectivity index is 2.54. The second-order valence-electron chi connectivity index (χ2n) is 5.04. The van der Waals surface area contributed by atoms with Crippen molar-refractivity contribution in [2.24, 2.45) is 0 Å². The van der Waals surface area contributed by atoms with Crippen molar-refractivity contribution in [1.82, 2.24) is 10.2 Å². The molecule has 0 aliphatic heterocycles. The van der Waals surface area contributed by atoms with E-state index in [0.29, 0.717) is 6.20 Å². The maximum absolute atomic E-state index is 13.2. The number of carbonyl (C=O) groups is 1. The minimum absolute atomic E-state index is 0.0667. The van der Waals surface area contributed by atoms with Gasteiger partial charge in [-0.3, -0.25) is 4.79 Å². The average Bonchev–Trinajstić information content (AvgIpc) is 2.60. The molecule has 2 aromatic rings. The monoisotopic (exact) mass is 440 g/mol. The molecule has 2 rings (SSSR count). The zero-order valence-electron chi connectivity index (χ0n) is 13.2. The highest BCUT2D eigenvalue weighted by atomic mass is 35.5. The number of nitrogens with one attached hydrogen (secondary N) is 1. The number of benzene rings is 1. The Labute approximate surface area is 165 Å². The molecule has 1 N–H and O–H groups in total. The Morgan fingerprint density at radius 1 is 1.33 bits per heavy atom. The number of rotatable bonds is 5. The van der Waals surface area contributed by atoms with Gasteiger partial charge in [0.25, 0.3) is 5.56 Å². The molecule has 11 heteroatoms. The summed E-state index contributed by atoms with van der Waals surface area (Å²) in [6.45, 7) is -0.0699. The third-order valence-corrected chi connectivity index (χ3v) is 4.00. The molecule has 0 amide bonds. The molecule has 1 heterocycles. The molecule has 0 aliphatic carbocycles. The summed E-state index contributed by atoms with van der Waals surface area (Å²) < 4.78 is 44.3. The first-order valence-corrected chi connectivity index (χ1v) is 8.49. The van der Waals surface area contributed by atoms with Crippen LogP contribution in [0, 0.1) is 0 Å². The summed E-state index contributed by atoms with van der Waals surface area (Å²) in [7, 11) is 0. The maximum Gasteiger partial charge on any atom is 0.418 e. The van der Waals surface area contributed by atoms with Gasteiger partial charge in [0.1, 0.15) is 11.6 Å². The van der Waals surface area contributed by atoms with E-state index in [9.17, 15) is 22.8 Å². The van der Waals surface area contributed by atoms with Crippen LogP contribution in [0.15, 0.2) is 34.2 Å². The molecule has 0 radical (unpaired) electrons. The molecular formula is C16H10Cl3F3N2O3. The lowest BCUT2D eigenvalue weighted by atomic mass is 10.00. The number of aromatic amines is 1. The summed E-state index contributed by atoms with van der Waals surface area (Å²) in [5, 5.41) is 4.88. The molecule has 1 aromatic carbocycles. The van der Waals surface area contributed by atoms with Crippen molar-refractivity contribution in [2.75, 3.05) is 12.5 Å². The SMILES string of the molecule is O=C(OCCCl)C(Cl)=Cc1cc(-c2c(C(F)(F)F)cn[nH]c2=O)ccc1Cl. The summed E-state index contributed by atoms with van der Waals surface area (Å²) >= 11 is 17.2. The van der Waals surface area contributed by atoms with Crippen molar-refractivity contribution >= 4 is 46.8 Å². The Kier molecular flexibility index (Phi) is 6.91. The van der Waals surface area contributed by atoms with Gasteiger partial charge in [-0.1, -0.05) is 29.3 Å². The fourth-order valence-electron chi connectivity index (χ4n) is 2.11. The Morgan fingerprint density at radius 2 is 2.04 bits per heavy atom. The first-order valence-electron chi connectivity index (χ1n) is 7.20. The van der Waals surface area contributed by atoms with Crippen molar-refractivity contribution < 1.29 is 22.7 Å². The van der Waals surface area contributed by atoms with Gasteiger partial charge in [-0.2, -0.15) is 18.3 Å². The van der Waals surface area contributed by atoms with E-state index < -0.39 is 28.8 Å². The molecule has 0 fully saturated rings. The Morgan fingerprint density at radius 3 is 2.67 bits per heavy atom. The van der Waals surface area contributed by atoms with Crippen molar-refractivity contribution in [1.29, 1.82) is 0 Å². The fraction of sp³-hybridized carbons (Fsp3) is 0.188. The van der Waals surface area contributed by atoms with Gasteiger partial charge in [-0.15, -0.1) is 11.6 Å². The highest BCUT2D eigenvalue weighted by Crippen LogP contribution is 2.35. The Bertz CT molecular complexity index is 942. The molecule has 0 saturated heterocycles. The third-order valence-electron chi connectivity index (χ3n) is 3.23. The van der Waals surface area contributed by atoms with Crippen LogP contribution in [0.1, 0.15) is 11.1 Å². The number of carbonyl (C=O) groups excluding carboxylic acids is 1. The van der Waals surface area contributed by atoms with Gasteiger partial charge >= 0.3 is 12.1 Å². The van der Waals surface area contributed by atoms with Crippen LogP contribution in [-0.4, -0.2) is 28.7 Å². The summed E-state index contributed by atoms with van der Waals surface area (Å²) in [5.74, 6) is -0.812. The lowest BCUT2D eigenvalue weighted by Crippen LogP contribution is -2.19. The van der Waals surface area contributed by atoms with Gasteiger partial charge in [-0.05, 0) is 29.3 Å². The largest absolute Gasteiger partial charge is 0.460 e. The number of alkyl halides is 4. The number of hydrogen-bond acceptors (Lipinski definition) is 4. The van der Waals surface area contributed by atoms with E-state index in [-0.39, 0.29) is 33.7 Å². The second kappa shape index (κ2) is 8.77. The average molecular weight is 442 g/mol. The number of aromatic nitrogens is 2. The van der Waals surface area contributed by atoms with E-state index in [1.165, 1.54) is 18.2 Å². The van der Waals surface area contributed by atoms with Gasteiger partial charge in [-0.25, -0.2) is 9.89 Å². The quantitative estimate of drug-likeness (QED) is 0.422. The highest BCUT2D eigenvalue weighted by Gasteiger charge is 2.35. The molecular weight excluding hydrogens is 432 g/mol. The van der Waals surface area contributed by atoms with Gasteiger partial charge < -0.3 is 4.74 Å². The van der Waals surface area contributed by atoms with Gasteiger partial charge in [0.2, 0.25) is 0 Å². The van der Waals surface area contributed by atoms with E-state index >= 15 is 0 Å². The normalized spacial score (nSPS) is 12.1. The smallest absolute Gasteiger partial charge is 0.418 e. The first-order chi connectivity index (χ1) is 12.6. The van der Waals surface area contributed by atoms with Crippen molar-refractivity contribution in [3.63, 3.8) is 0 Å². The molecule has 27 heavy (non-hydrogen) atoms. The minimum atomic E-state index is -4.80. The van der Waals surface area contributed by atoms with Crippen LogP contribution in [0.25, 0.3) is 17.2 Å². The molecule has 0 aliphatic rings. The Hall–Kier alpha value is -2.03. The standard InChI is InChI=1S/C16H10Cl3F3N2O3/c17-3-4-27-15(26)12(19)6-9-5-8(1-2-11(9)18)13-10(16(20,21)22)7-23-24-14(13)25/h1-2,5-7H,3-4H2,(H,24,25). The number of halogens is 6. The molecule has 5 nitrogen and oxygen atoms in total. The predicted octanol–water partition coefficient (Wildman–Crippen LogP) is 4.47. The van der Waals surface area contributed by atoms with E-state index in [2.05, 4.69) is 5.10 Å². The van der Waals surface area contributed by atoms with E-state index in [0.717, 1.165) is 6.08 Å². The molecule has 0 bridgehead atoms. The van der Waals surface area contributed by atoms with Crippen LogP contribution in [-0.2, 0) is 15.7 Å². The van der Waals surface area contributed by atoms with Gasteiger partial charge in [0.05, 0.1) is 23.2 Å². The number of esters is 1. The maximum atomic E-state index is 13.2. The van der Waals surface area contributed by atoms with E-state index in [1.54, 1.807) is 0 Å². The molecule has 0 atom stereocenters. The summed E-state index contributed by atoms with van der Waals surface area (Å²) in [5.41, 5.74) is -2.85. The second-order valence-corrected chi connectivity index (χ2v) is 6.23. The van der Waals surface area contributed by atoms with Crippen molar-refractivity contribution in [2.45, 2.75) is 6.18 Å². The van der Waals surface area contributed by atoms with Gasteiger partial charge in [0, 0.05) is 5.02 Å². The van der Waals surface area contributed by atoms with Gasteiger partial charge in [0.15, 0.2) is 0 Å². The van der Waals surface area contributed by atoms with Crippen LogP contribution >= 0.6 is 34.8 Å².